The van der Waals surface area contributed by atoms with E-state index in [4.69, 9.17) is 0 Å². The normalized spacial score (nSPS) is 17.5. The average Bonchev–Trinajstić information content (AvgIpc) is 3.27. The van der Waals surface area contributed by atoms with Gasteiger partial charge in [0.15, 0.2) is 11.6 Å². The Balaban J connectivity index is 1.47. The van der Waals surface area contributed by atoms with Gasteiger partial charge < -0.3 is 9.88 Å². The number of benzene rings is 1. The zero-order valence-corrected chi connectivity index (χ0v) is 14.2. The predicted octanol–water partition coefficient (Wildman–Crippen LogP) is 2.84. The van der Waals surface area contributed by atoms with Crippen molar-refractivity contribution < 1.29 is 9.59 Å². The number of carbonyl (C=O) groups excluding carboxylic acids is 2. The Labute approximate surface area is 146 Å². The van der Waals surface area contributed by atoms with Crippen LogP contribution in [0.5, 0.6) is 0 Å². The molecule has 4 rings (SSSR count). The highest BCUT2D eigenvalue weighted by atomic mass is 16.1. The number of rotatable bonds is 4. The van der Waals surface area contributed by atoms with E-state index in [9.17, 15) is 9.59 Å². The monoisotopic (exact) mass is 338 g/mol. The topological polar surface area (TPSA) is 76.9 Å². The van der Waals surface area contributed by atoms with Gasteiger partial charge in [-0.25, -0.2) is 0 Å². The van der Waals surface area contributed by atoms with E-state index in [2.05, 4.69) is 20.1 Å². The lowest BCUT2D eigenvalue weighted by Gasteiger charge is -2.24. The van der Waals surface area contributed by atoms with Crippen molar-refractivity contribution in [2.45, 2.75) is 57.5 Å². The Morgan fingerprint density at radius 1 is 1.20 bits per heavy atom. The number of amides is 1. The number of Topliss-reactive ketones (excluding diaryl/α,β-unsaturated/α-hetero) is 1. The maximum Gasteiger partial charge on any atom is 0.251 e. The SMILES string of the molecule is O=C1CCc2c1cccc2C(=O)NCc1nncn1C1CCCCC1. The van der Waals surface area contributed by atoms with Crippen LogP contribution in [-0.2, 0) is 13.0 Å². The maximum absolute atomic E-state index is 12.6. The number of hydrogen-bond donors (Lipinski definition) is 1. The number of fused-ring (bicyclic) bond motifs is 1. The van der Waals surface area contributed by atoms with Gasteiger partial charge >= 0.3 is 0 Å². The molecule has 1 saturated carbocycles. The summed E-state index contributed by atoms with van der Waals surface area (Å²) in [4.78, 5) is 24.5. The first kappa shape index (κ1) is 16.0. The highest BCUT2D eigenvalue weighted by molar-refractivity contribution is 6.05. The molecule has 6 heteroatoms. The van der Waals surface area contributed by atoms with Crippen molar-refractivity contribution in [3.8, 4) is 0 Å². The molecule has 0 atom stereocenters. The van der Waals surface area contributed by atoms with Crippen LogP contribution in [0.1, 0.15) is 76.7 Å². The van der Waals surface area contributed by atoms with Crippen LogP contribution in [0.25, 0.3) is 0 Å². The molecule has 6 nitrogen and oxygen atoms in total. The summed E-state index contributed by atoms with van der Waals surface area (Å²) in [5, 5.41) is 11.2. The van der Waals surface area contributed by atoms with Crippen LogP contribution in [-0.4, -0.2) is 26.5 Å². The lowest BCUT2D eigenvalue weighted by molar-refractivity contribution is 0.0947. The number of ketones is 1. The van der Waals surface area contributed by atoms with Gasteiger partial charge in [0.05, 0.1) is 6.54 Å². The third-order valence-corrected chi connectivity index (χ3v) is 5.35. The summed E-state index contributed by atoms with van der Waals surface area (Å²) in [6.45, 7) is 0.354. The molecule has 1 heterocycles. The molecule has 1 aromatic heterocycles. The van der Waals surface area contributed by atoms with Gasteiger partial charge in [-0.1, -0.05) is 31.4 Å². The molecule has 1 aromatic carbocycles. The molecule has 130 valence electrons. The van der Waals surface area contributed by atoms with Gasteiger partial charge in [-0.2, -0.15) is 0 Å². The van der Waals surface area contributed by atoms with Crippen LogP contribution >= 0.6 is 0 Å². The summed E-state index contributed by atoms with van der Waals surface area (Å²) < 4.78 is 2.11. The summed E-state index contributed by atoms with van der Waals surface area (Å²) in [7, 11) is 0. The van der Waals surface area contributed by atoms with Crippen LogP contribution in [0.2, 0.25) is 0 Å². The average molecular weight is 338 g/mol. The van der Waals surface area contributed by atoms with Crippen molar-refractivity contribution in [1.82, 2.24) is 20.1 Å². The van der Waals surface area contributed by atoms with Crippen LogP contribution in [0.3, 0.4) is 0 Å². The van der Waals surface area contributed by atoms with Gasteiger partial charge in [0.1, 0.15) is 6.33 Å². The lowest BCUT2D eigenvalue weighted by Crippen LogP contribution is -2.27. The molecule has 1 fully saturated rings. The Hall–Kier alpha value is -2.50. The lowest BCUT2D eigenvalue weighted by atomic mass is 9.95. The van der Waals surface area contributed by atoms with E-state index in [1.807, 2.05) is 0 Å². The Morgan fingerprint density at radius 2 is 2.04 bits per heavy atom. The van der Waals surface area contributed by atoms with Gasteiger partial charge in [0, 0.05) is 23.6 Å². The highest BCUT2D eigenvalue weighted by Gasteiger charge is 2.25. The molecule has 0 unspecified atom stereocenters. The van der Waals surface area contributed by atoms with Crippen LogP contribution < -0.4 is 5.32 Å². The molecule has 2 aromatic rings. The van der Waals surface area contributed by atoms with E-state index in [0.29, 0.717) is 36.6 Å². The molecule has 0 radical (unpaired) electrons. The molecule has 0 spiro atoms. The minimum atomic E-state index is -0.148. The van der Waals surface area contributed by atoms with E-state index in [1.54, 1.807) is 24.5 Å². The summed E-state index contributed by atoms with van der Waals surface area (Å²) in [6, 6.07) is 5.82. The maximum atomic E-state index is 12.6. The minimum absolute atomic E-state index is 0.127. The molecule has 2 aliphatic rings. The predicted molar refractivity (Wildman–Crippen MR) is 92.4 cm³/mol. The second-order valence-corrected chi connectivity index (χ2v) is 6.88. The second kappa shape index (κ2) is 6.78. The molecule has 0 saturated heterocycles. The molecule has 0 bridgehead atoms. The smallest absolute Gasteiger partial charge is 0.251 e. The van der Waals surface area contributed by atoms with E-state index < -0.39 is 0 Å². The third-order valence-electron chi connectivity index (χ3n) is 5.35. The van der Waals surface area contributed by atoms with E-state index in [0.717, 1.165) is 24.2 Å². The largest absolute Gasteiger partial charge is 0.345 e. The van der Waals surface area contributed by atoms with Crippen molar-refractivity contribution in [2.75, 3.05) is 0 Å². The fraction of sp³-hybridized carbons (Fsp3) is 0.474. The zero-order chi connectivity index (χ0) is 17.2. The van der Waals surface area contributed by atoms with Crippen molar-refractivity contribution in [3.63, 3.8) is 0 Å². The summed E-state index contributed by atoms with van der Waals surface area (Å²) in [5.41, 5.74) is 2.17. The van der Waals surface area contributed by atoms with Gasteiger partial charge in [0.25, 0.3) is 5.91 Å². The third kappa shape index (κ3) is 3.08. The molecule has 25 heavy (non-hydrogen) atoms. The van der Waals surface area contributed by atoms with Gasteiger partial charge in [-0.3, -0.25) is 9.59 Å². The summed E-state index contributed by atoms with van der Waals surface area (Å²) in [6.07, 6.45) is 8.97. The van der Waals surface area contributed by atoms with Crippen molar-refractivity contribution in [3.05, 3.63) is 47.0 Å². The molecular weight excluding hydrogens is 316 g/mol. The minimum Gasteiger partial charge on any atom is -0.345 e. The van der Waals surface area contributed by atoms with E-state index in [1.165, 1.54) is 19.3 Å². The first-order valence-electron chi connectivity index (χ1n) is 9.05. The number of aromatic nitrogens is 3. The zero-order valence-electron chi connectivity index (χ0n) is 14.2. The molecule has 1 N–H and O–H groups in total. The Morgan fingerprint density at radius 3 is 2.88 bits per heavy atom. The first-order valence-corrected chi connectivity index (χ1v) is 9.05. The van der Waals surface area contributed by atoms with Crippen molar-refractivity contribution >= 4 is 11.7 Å². The van der Waals surface area contributed by atoms with Crippen LogP contribution in [0.4, 0.5) is 0 Å². The van der Waals surface area contributed by atoms with Gasteiger partial charge in [0.2, 0.25) is 0 Å². The van der Waals surface area contributed by atoms with Crippen LogP contribution in [0, 0.1) is 0 Å². The number of carbonyl (C=O) groups is 2. The number of nitrogens with zero attached hydrogens (tertiary/aromatic N) is 3. The van der Waals surface area contributed by atoms with E-state index >= 15 is 0 Å². The van der Waals surface area contributed by atoms with Crippen LogP contribution in [0.15, 0.2) is 24.5 Å². The fourth-order valence-electron chi connectivity index (χ4n) is 4.02. The van der Waals surface area contributed by atoms with Gasteiger partial charge in [-0.15, -0.1) is 10.2 Å². The quantitative estimate of drug-likeness (QED) is 0.930. The Kier molecular flexibility index (Phi) is 4.34. The first-order chi connectivity index (χ1) is 12.2. The van der Waals surface area contributed by atoms with E-state index in [-0.39, 0.29) is 11.7 Å². The number of nitrogens with one attached hydrogen (secondary N) is 1. The number of hydrogen-bond acceptors (Lipinski definition) is 4. The van der Waals surface area contributed by atoms with Crippen molar-refractivity contribution in [1.29, 1.82) is 0 Å². The summed E-state index contributed by atoms with van der Waals surface area (Å²) in [5.74, 6) is 0.773. The van der Waals surface area contributed by atoms with Gasteiger partial charge in [-0.05, 0) is 30.9 Å². The highest BCUT2D eigenvalue weighted by Crippen LogP contribution is 2.28. The molecule has 0 aliphatic heterocycles. The molecule has 2 aliphatic carbocycles. The fourth-order valence-corrected chi connectivity index (χ4v) is 4.02. The molecule has 1 amide bonds. The second-order valence-electron chi connectivity index (χ2n) is 6.88. The van der Waals surface area contributed by atoms with Crippen molar-refractivity contribution in [2.24, 2.45) is 0 Å². The Bertz CT molecular complexity index is 806. The molecular formula is C19H22N4O2. The standard InChI is InChI=1S/C19H22N4O2/c24-17-10-9-14-15(17)7-4-8-16(14)19(25)20-11-18-22-21-12-23(18)13-5-2-1-3-6-13/h4,7-8,12-13H,1-3,5-6,9-11H2,(H,20,25). The summed E-state index contributed by atoms with van der Waals surface area (Å²) >= 11 is 0.